The number of benzene rings is 1. The van der Waals surface area contributed by atoms with Crippen molar-refractivity contribution in [2.24, 2.45) is 0 Å². The van der Waals surface area contributed by atoms with Gasteiger partial charge in [0.25, 0.3) is 0 Å². The van der Waals surface area contributed by atoms with E-state index < -0.39 is 0 Å². The van der Waals surface area contributed by atoms with Crippen molar-refractivity contribution in [3.8, 4) is 17.0 Å². The Kier molecular flexibility index (Phi) is 6.09. The Balaban J connectivity index is 1.45. The van der Waals surface area contributed by atoms with Crippen molar-refractivity contribution >= 4 is 5.91 Å². The standard InChI is InChI=1S/C23H30N4O2/c1-17(28)26-11-8-20(9-12-26)27-10-4-6-19(16-27)23-15-24-14-22(25-23)18-5-3-7-21(13-18)29-2/h3,5,7,13-15,19-20H,4,6,8-12,16H2,1-2H3/t19-/m1/s1. The van der Waals surface area contributed by atoms with E-state index in [0.717, 1.165) is 68.1 Å². The van der Waals surface area contributed by atoms with E-state index in [0.29, 0.717) is 12.0 Å². The summed E-state index contributed by atoms with van der Waals surface area (Å²) in [6.45, 7) is 5.61. The number of likely N-dealkylation sites (tertiary alicyclic amines) is 2. The molecule has 1 amide bonds. The lowest BCUT2D eigenvalue weighted by Gasteiger charge is -2.42. The summed E-state index contributed by atoms with van der Waals surface area (Å²) in [6, 6.07) is 8.55. The highest BCUT2D eigenvalue weighted by atomic mass is 16.5. The third-order valence-corrected chi connectivity index (χ3v) is 6.32. The summed E-state index contributed by atoms with van der Waals surface area (Å²) >= 11 is 0. The van der Waals surface area contributed by atoms with Crippen molar-refractivity contribution in [1.29, 1.82) is 0 Å². The second-order valence-corrected chi connectivity index (χ2v) is 8.13. The van der Waals surface area contributed by atoms with Crippen LogP contribution in [0.4, 0.5) is 0 Å². The van der Waals surface area contributed by atoms with Crippen LogP contribution in [0.1, 0.15) is 44.2 Å². The van der Waals surface area contributed by atoms with E-state index >= 15 is 0 Å². The largest absolute Gasteiger partial charge is 0.497 e. The van der Waals surface area contributed by atoms with Crippen molar-refractivity contribution in [2.45, 2.75) is 44.6 Å². The summed E-state index contributed by atoms with van der Waals surface area (Å²) < 4.78 is 5.35. The Morgan fingerprint density at radius 1 is 1.14 bits per heavy atom. The number of hydrogen-bond donors (Lipinski definition) is 0. The van der Waals surface area contributed by atoms with Gasteiger partial charge in [0.15, 0.2) is 0 Å². The molecule has 1 aromatic carbocycles. The summed E-state index contributed by atoms with van der Waals surface area (Å²) in [5.41, 5.74) is 3.01. The predicted octanol–water partition coefficient (Wildman–Crippen LogP) is 3.34. The summed E-state index contributed by atoms with van der Waals surface area (Å²) in [5.74, 6) is 1.44. The molecule has 4 rings (SSSR count). The van der Waals surface area contributed by atoms with Gasteiger partial charge in [-0.15, -0.1) is 0 Å². The van der Waals surface area contributed by atoms with Crippen molar-refractivity contribution in [3.63, 3.8) is 0 Å². The van der Waals surface area contributed by atoms with Gasteiger partial charge in [0.2, 0.25) is 5.91 Å². The van der Waals surface area contributed by atoms with Gasteiger partial charge in [-0.3, -0.25) is 14.7 Å². The molecule has 2 aliphatic heterocycles. The Morgan fingerprint density at radius 3 is 2.72 bits per heavy atom. The molecule has 2 aromatic rings. The van der Waals surface area contributed by atoms with Crippen LogP contribution in [0.5, 0.6) is 5.75 Å². The van der Waals surface area contributed by atoms with Crippen LogP contribution in [0.2, 0.25) is 0 Å². The molecule has 3 heterocycles. The maximum atomic E-state index is 11.6. The predicted molar refractivity (Wildman–Crippen MR) is 113 cm³/mol. The van der Waals surface area contributed by atoms with Crippen molar-refractivity contribution in [3.05, 3.63) is 42.4 Å². The van der Waals surface area contributed by atoms with Gasteiger partial charge >= 0.3 is 0 Å². The van der Waals surface area contributed by atoms with Gasteiger partial charge in [-0.2, -0.15) is 0 Å². The van der Waals surface area contributed by atoms with Crippen LogP contribution in [0, 0.1) is 0 Å². The molecule has 0 bridgehead atoms. The number of carbonyl (C=O) groups is 1. The molecule has 0 spiro atoms. The summed E-state index contributed by atoms with van der Waals surface area (Å²) in [7, 11) is 1.68. The normalized spacial score (nSPS) is 21.2. The average Bonchev–Trinajstić information content (AvgIpc) is 2.79. The van der Waals surface area contributed by atoms with Crippen LogP contribution in [-0.2, 0) is 4.79 Å². The third kappa shape index (κ3) is 4.58. The monoisotopic (exact) mass is 394 g/mol. The van der Waals surface area contributed by atoms with E-state index in [4.69, 9.17) is 9.72 Å². The van der Waals surface area contributed by atoms with Crippen molar-refractivity contribution in [1.82, 2.24) is 19.8 Å². The van der Waals surface area contributed by atoms with E-state index in [-0.39, 0.29) is 5.91 Å². The SMILES string of the molecule is COc1cccc(-c2cncc([C@@H]3CCCN(C4CCN(C(C)=O)CC4)C3)n2)c1. The second-order valence-electron chi connectivity index (χ2n) is 8.13. The van der Waals surface area contributed by atoms with E-state index in [1.807, 2.05) is 41.6 Å². The molecule has 2 aliphatic rings. The Hall–Kier alpha value is -2.47. The van der Waals surface area contributed by atoms with Crippen LogP contribution in [-0.4, -0.2) is 65.0 Å². The lowest BCUT2D eigenvalue weighted by molar-refractivity contribution is -0.130. The molecule has 29 heavy (non-hydrogen) atoms. The summed E-state index contributed by atoms with van der Waals surface area (Å²) in [4.78, 5) is 25.6. The fraction of sp³-hybridized carbons (Fsp3) is 0.522. The molecule has 6 nitrogen and oxygen atoms in total. The quantitative estimate of drug-likeness (QED) is 0.796. The van der Waals surface area contributed by atoms with Crippen LogP contribution < -0.4 is 4.74 Å². The number of carbonyl (C=O) groups excluding carboxylic acids is 1. The minimum absolute atomic E-state index is 0.199. The van der Waals surface area contributed by atoms with E-state index in [1.54, 1.807) is 14.0 Å². The highest BCUT2D eigenvalue weighted by molar-refractivity contribution is 5.73. The first-order valence-corrected chi connectivity index (χ1v) is 10.6. The number of hydrogen-bond acceptors (Lipinski definition) is 5. The van der Waals surface area contributed by atoms with Crippen LogP contribution in [0.3, 0.4) is 0 Å². The number of piperidine rings is 2. The topological polar surface area (TPSA) is 58.6 Å². The Morgan fingerprint density at radius 2 is 1.97 bits per heavy atom. The van der Waals surface area contributed by atoms with E-state index in [2.05, 4.69) is 9.88 Å². The molecule has 0 saturated carbocycles. The van der Waals surface area contributed by atoms with Gasteiger partial charge in [-0.05, 0) is 44.4 Å². The van der Waals surface area contributed by atoms with Gasteiger partial charge in [-0.1, -0.05) is 12.1 Å². The number of rotatable bonds is 4. The molecule has 0 N–H and O–H groups in total. The van der Waals surface area contributed by atoms with Gasteiger partial charge in [0, 0.05) is 50.3 Å². The molecule has 154 valence electrons. The third-order valence-electron chi connectivity index (χ3n) is 6.32. The summed E-state index contributed by atoms with van der Waals surface area (Å²) in [5, 5.41) is 0. The molecule has 0 unspecified atom stereocenters. The minimum atomic E-state index is 0.199. The first-order valence-electron chi connectivity index (χ1n) is 10.6. The number of amides is 1. The van der Waals surface area contributed by atoms with Crippen molar-refractivity contribution < 1.29 is 9.53 Å². The molecule has 1 atom stereocenters. The maximum absolute atomic E-state index is 11.6. The fourth-order valence-electron chi connectivity index (χ4n) is 4.62. The summed E-state index contributed by atoms with van der Waals surface area (Å²) in [6.07, 6.45) is 8.23. The molecular formula is C23H30N4O2. The highest BCUT2D eigenvalue weighted by Gasteiger charge is 2.30. The maximum Gasteiger partial charge on any atom is 0.219 e. The molecule has 2 saturated heterocycles. The molecule has 0 aliphatic carbocycles. The number of methoxy groups -OCH3 is 1. The molecule has 2 fully saturated rings. The Labute approximate surface area is 172 Å². The lowest BCUT2D eigenvalue weighted by atomic mass is 9.91. The van der Waals surface area contributed by atoms with Gasteiger partial charge in [-0.25, -0.2) is 4.98 Å². The zero-order valence-corrected chi connectivity index (χ0v) is 17.4. The smallest absolute Gasteiger partial charge is 0.219 e. The first kappa shape index (κ1) is 19.8. The Bertz CT molecular complexity index is 848. The fourth-order valence-corrected chi connectivity index (χ4v) is 4.62. The van der Waals surface area contributed by atoms with Crippen LogP contribution in [0.15, 0.2) is 36.7 Å². The number of aromatic nitrogens is 2. The number of ether oxygens (including phenoxy) is 1. The second kappa shape index (κ2) is 8.91. The van der Waals surface area contributed by atoms with Gasteiger partial charge in [0.1, 0.15) is 5.75 Å². The molecule has 0 radical (unpaired) electrons. The van der Waals surface area contributed by atoms with Gasteiger partial charge in [0.05, 0.1) is 24.7 Å². The van der Waals surface area contributed by atoms with Crippen LogP contribution >= 0.6 is 0 Å². The molecule has 6 heteroatoms. The lowest BCUT2D eigenvalue weighted by Crippen LogP contribution is -2.49. The van der Waals surface area contributed by atoms with E-state index in [9.17, 15) is 4.79 Å². The number of nitrogens with zero attached hydrogens (tertiary/aromatic N) is 4. The first-order chi connectivity index (χ1) is 14.1. The zero-order chi connectivity index (χ0) is 20.2. The van der Waals surface area contributed by atoms with Crippen LogP contribution in [0.25, 0.3) is 11.3 Å². The molecule has 1 aromatic heterocycles. The zero-order valence-electron chi connectivity index (χ0n) is 17.4. The molecular weight excluding hydrogens is 364 g/mol. The van der Waals surface area contributed by atoms with Gasteiger partial charge < -0.3 is 9.64 Å². The van der Waals surface area contributed by atoms with Crippen molar-refractivity contribution in [2.75, 3.05) is 33.3 Å². The highest BCUT2D eigenvalue weighted by Crippen LogP contribution is 2.30. The van der Waals surface area contributed by atoms with E-state index in [1.165, 1.54) is 6.42 Å². The minimum Gasteiger partial charge on any atom is -0.497 e. The average molecular weight is 395 g/mol.